The topological polar surface area (TPSA) is 46.6 Å². The van der Waals surface area contributed by atoms with Gasteiger partial charge in [-0.25, -0.2) is 0 Å². The second-order valence-electron chi connectivity index (χ2n) is 5.22. The van der Waals surface area contributed by atoms with E-state index in [9.17, 15) is 9.59 Å². The van der Waals surface area contributed by atoms with E-state index in [2.05, 4.69) is 0 Å². The summed E-state index contributed by atoms with van der Waals surface area (Å²) < 4.78 is 5.25. The molecule has 22 heavy (non-hydrogen) atoms. The van der Waals surface area contributed by atoms with E-state index in [1.165, 1.54) is 4.90 Å². The number of benzene rings is 2. The van der Waals surface area contributed by atoms with Crippen molar-refractivity contribution in [2.75, 3.05) is 14.1 Å². The first-order chi connectivity index (χ1) is 10.6. The molecule has 0 heterocycles. The number of carbonyl (C=O) groups excluding carboxylic acids is 2. The Kier molecular flexibility index (Phi) is 5.31. The summed E-state index contributed by atoms with van der Waals surface area (Å²) in [4.78, 5) is 25.3. The van der Waals surface area contributed by atoms with Gasteiger partial charge in [0, 0.05) is 19.7 Å². The SMILES string of the molecule is CN(C)C(=O)c1cccc(CC(=O)OCc2ccccc2)c1. The Morgan fingerprint density at radius 1 is 0.955 bits per heavy atom. The van der Waals surface area contributed by atoms with Gasteiger partial charge in [0.2, 0.25) is 0 Å². The summed E-state index contributed by atoms with van der Waals surface area (Å²) in [5, 5.41) is 0. The number of amides is 1. The zero-order valence-electron chi connectivity index (χ0n) is 12.8. The standard InChI is InChI=1S/C18H19NO3/c1-19(2)18(21)16-10-6-9-15(11-16)12-17(20)22-13-14-7-4-3-5-8-14/h3-11H,12-13H2,1-2H3. The Bertz CT molecular complexity index is 650. The minimum Gasteiger partial charge on any atom is -0.461 e. The smallest absolute Gasteiger partial charge is 0.310 e. The van der Waals surface area contributed by atoms with Crippen LogP contribution in [-0.2, 0) is 22.6 Å². The summed E-state index contributed by atoms with van der Waals surface area (Å²) >= 11 is 0. The first-order valence-electron chi connectivity index (χ1n) is 7.06. The van der Waals surface area contributed by atoms with Gasteiger partial charge in [-0.05, 0) is 23.3 Å². The molecule has 0 aliphatic carbocycles. The van der Waals surface area contributed by atoms with Crippen molar-refractivity contribution in [2.24, 2.45) is 0 Å². The highest BCUT2D eigenvalue weighted by Crippen LogP contribution is 2.09. The molecule has 0 fully saturated rings. The highest BCUT2D eigenvalue weighted by Gasteiger charge is 2.10. The normalized spacial score (nSPS) is 10.1. The van der Waals surface area contributed by atoms with Crippen molar-refractivity contribution in [1.29, 1.82) is 0 Å². The van der Waals surface area contributed by atoms with Crippen LogP contribution in [0.3, 0.4) is 0 Å². The molecule has 0 atom stereocenters. The van der Waals surface area contributed by atoms with Crippen LogP contribution in [-0.4, -0.2) is 30.9 Å². The van der Waals surface area contributed by atoms with E-state index in [1.807, 2.05) is 36.4 Å². The minimum absolute atomic E-state index is 0.0838. The van der Waals surface area contributed by atoms with E-state index >= 15 is 0 Å². The van der Waals surface area contributed by atoms with Gasteiger partial charge in [0.05, 0.1) is 6.42 Å². The maximum absolute atomic E-state index is 11.9. The molecule has 4 heteroatoms. The van der Waals surface area contributed by atoms with Gasteiger partial charge in [-0.15, -0.1) is 0 Å². The number of ether oxygens (including phenoxy) is 1. The van der Waals surface area contributed by atoms with Gasteiger partial charge in [0.25, 0.3) is 5.91 Å². The Morgan fingerprint density at radius 3 is 2.32 bits per heavy atom. The van der Waals surface area contributed by atoms with Crippen LogP contribution in [0.2, 0.25) is 0 Å². The van der Waals surface area contributed by atoms with Gasteiger partial charge in [0.15, 0.2) is 0 Å². The fourth-order valence-electron chi connectivity index (χ4n) is 2.03. The van der Waals surface area contributed by atoms with Crippen molar-refractivity contribution in [3.8, 4) is 0 Å². The summed E-state index contributed by atoms with van der Waals surface area (Å²) in [7, 11) is 3.40. The van der Waals surface area contributed by atoms with E-state index < -0.39 is 0 Å². The molecule has 0 spiro atoms. The molecule has 2 aromatic rings. The maximum atomic E-state index is 11.9. The molecule has 0 unspecified atom stereocenters. The van der Waals surface area contributed by atoms with Crippen molar-refractivity contribution in [2.45, 2.75) is 13.0 Å². The van der Waals surface area contributed by atoms with Crippen LogP contribution in [0, 0.1) is 0 Å². The Labute approximate surface area is 130 Å². The number of nitrogens with zero attached hydrogens (tertiary/aromatic N) is 1. The van der Waals surface area contributed by atoms with E-state index in [1.54, 1.807) is 32.3 Å². The van der Waals surface area contributed by atoms with E-state index in [0.717, 1.165) is 11.1 Å². The van der Waals surface area contributed by atoms with Crippen LogP contribution in [0.25, 0.3) is 0 Å². The van der Waals surface area contributed by atoms with Gasteiger partial charge in [-0.3, -0.25) is 9.59 Å². The first-order valence-corrected chi connectivity index (χ1v) is 7.06. The lowest BCUT2D eigenvalue weighted by atomic mass is 10.1. The molecule has 0 aromatic heterocycles. The molecule has 2 aromatic carbocycles. The monoisotopic (exact) mass is 297 g/mol. The largest absolute Gasteiger partial charge is 0.461 e. The number of esters is 1. The first kappa shape index (κ1) is 15.8. The van der Waals surface area contributed by atoms with Gasteiger partial charge in [0.1, 0.15) is 6.61 Å². The second kappa shape index (κ2) is 7.41. The highest BCUT2D eigenvalue weighted by molar-refractivity contribution is 5.94. The van der Waals surface area contributed by atoms with Gasteiger partial charge in [-0.1, -0.05) is 42.5 Å². The zero-order chi connectivity index (χ0) is 15.9. The zero-order valence-corrected chi connectivity index (χ0v) is 12.8. The van der Waals surface area contributed by atoms with Crippen molar-refractivity contribution >= 4 is 11.9 Å². The van der Waals surface area contributed by atoms with Crippen molar-refractivity contribution in [1.82, 2.24) is 4.90 Å². The Morgan fingerprint density at radius 2 is 1.64 bits per heavy atom. The van der Waals surface area contributed by atoms with Crippen LogP contribution in [0.1, 0.15) is 21.5 Å². The van der Waals surface area contributed by atoms with E-state index in [4.69, 9.17) is 4.74 Å². The lowest BCUT2D eigenvalue weighted by Crippen LogP contribution is -2.21. The molecule has 0 aliphatic rings. The Hall–Kier alpha value is -2.62. The fourth-order valence-corrected chi connectivity index (χ4v) is 2.03. The molecule has 0 saturated heterocycles. The molecule has 0 radical (unpaired) electrons. The number of carbonyl (C=O) groups is 2. The van der Waals surface area contributed by atoms with Crippen molar-refractivity contribution in [3.63, 3.8) is 0 Å². The average molecular weight is 297 g/mol. The summed E-state index contributed by atoms with van der Waals surface area (Å²) in [6.45, 7) is 0.260. The van der Waals surface area contributed by atoms with Gasteiger partial charge < -0.3 is 9.64 Å². The summed E-state index contributed by atoms with van der Waals surface area (Å²) in [6.07, 6.45) is 0.154. The molecule has 0 saturated carbocycles. The van der Waals surface area contributed by atoms with Crippen LogP contribution in [0.5, 0.6) is 0 Å². The maximum Gasteiger partial charge on any atom is 0.310 e. The van der Waals surface area contributed by atoms with E-state index in [0.29, 0.717) is 5.56 Å². The van der Waals surface area contributed by atoms with Crippen LogP contribution in [0.15, 0.2) is 54.6 Å². The van der Waals surface area contributed by atoms with Crippen LogP contribution < -0.4 is 0 Å². The second-order valence-corrected chi connectivity index (χ2v) is 5.22. The molecule has 4 nitrogen and oxygen atoms in total. The molecular weight excluding hydrogens is 278 g/mol. The predicted molar refractivity (Wildman–Crippen MR) is 84.4 cm³/mol. The number of hydrogen-bond acceptors (Lipinski definition) is 3. The van der Waals surface area contributed by atoms with Crippen molar-refractivity contribution < 1.29 is 14.3 Å². The van der Waals surface area contributed by atoms with Crippen LogP contribution in [0.4, 0.5) is 0 Å². The third-order valence-electron chi connectivity index (χ3n) is 3.17. The molecule has 0 aliphatic heterocycles. The molecule has 0 N–H and O–H groups in total. The van der Waals surface area contributed by atoms with E-state index in [-0.39, 0.29) is 24.9 Å². The van der Waals surface area contributed by atoms with Gasteiger partial charge >= 0.3 is 5.97 Å². The lowest BCUT2D eigenvalue weighted by Gasteiger charge is -2.11. The number of hydrogen-bond donors (Lipinski definition) is 0. The fraction of sp³-hybridized carbons (Fsp3) is 0.222. The average Bonchev–Trinajstić information content (AvgIpc) is 2.53. The molecule has 2 rings (SSSR count). The molecular formula is C18H19NO3. The highest BCUT2D eigenvalue weighted by atomic mass is 16.5. The summed E-state index contributed by atoms with van der Waals surface area (Å²) in [5.41, 5.74) is 2.29. The minimum atomic E-state index is -0.307. The summed E-state index contributed by atoms with van der Waals surface area (Å²) in [6, 6.07) is 16.6. The molecule has 114 valence electrons. The third kappa shape index (κ3) is 4.45. The van der Waals surface area contributed by atoms with Crippen molar-refractivity contribution in [3.05, 3.63) is 71.3 Å². The molecule has 0 bridgehead atoms. The van der Waals surface area contributed by atoms with Gasteiger partial charge in [-0.2, -0.15) is 0 Å². The number of rotatable bonds is 5. The Balaban J connectivity index is 1.94. The quantitative estimate of drug-likeness (QED) is 0.797. The molecule has 1 amide bonds. The third-order valence-corrected chi connectivity index (χ3v) is 3.17. The predicted octanol–water partition coefficient (Wildman–Crippen LogP) is 2.67. The van der Waals surface area contributed by atoms with Crippen LogP contribution >= 0.6 is 0 Å². The summed E-state index contributed by atoms with van der Waals surface area (Å²) in [5.74, 6) is -0.391. The lowest BCUT2D eigenvalue weighted by molar-refractivity contribution is -0.144.